The van der Waals surface area contributed by atoms with Gasteiger partial charge in [-0.25, -0.2) is 13.1 Å². The first-order chi connectivity index (χ1) is 8.95. The monoisotopic (exact) mass is 287 g/mol. The summed E-state index contributed by atoms with van der Waals surface area (Å²) in [4.78, 5) is 0.223. The maximum Gasteiger partial charge on any atom is 0.240 e. The Bertz CT molecular complexity index is 468. The molecule has 0 aliphatic heterocycles. The molecule has 6 heteroatoms. The summed E-state index contributed by atoms with van der Waals surface area (Å²) in [5, 5.41) is 0. The molecule has 1 rings (SSSR count). The third kappa shape index (κ3) is 5.59. The second kappa shape index (κ2) is 7.47. The molecule has 0 aliphatic carbocycles. The largest absolute Gasteiger partial charge is 0.493 e. The van der Waals surface area contributed by atoms with E-state index in [-0.39, 0.29) is 11.4 Å². The van der Waals surface area contributed by atoms with Crippen LogP contribution < -0.4 is 9.46 Å². The van der Waals surface area contributed by atoms with Crippen LogP contribution in [-0.4, -0.2) is 35.3 Å². The van der Waals surface area contributed by atoms with Gasteiger partial charge in [0.25, 0.3) is 0 Å². The molecule has 0 atom stereocenters. The Morgan fingerprint density at radius 1 is 1.21 bits per heavy atom. The minimum Gasteiger partial charge on any atom is -0.493 e. The van der Waals surface area contributed by atoms with Crippen molar-refractivity contribution in [2.45, 2.75) is 18.7 Å². The number of hydrogen-bond donors (Lipinski definition) is 1. The summed E-state index contributed by atoms with van der Waals surface area (Å²) < 4.78 is 36.5. The molecule has 0 fully saturated rings. The van der Waals surface area contributed by atoms with E-state index in [4.69, 9.17) is 9.47 Å². The highest BCUT2D eigenvalue weighted by molar-refractivity contribution is 7.89. The predicted octanol–water partition coefficient (Wildman–Crippen LogP) is 1.65. The van der Waals surface area contributed by atoms with E-state index in [0.717, 1.165) is 0 Å². The fourth-order valence-electron chi connectivity index (χ4n) is 1.34. The Morgan fingerprint density at radius 3 is 2.37 bits per heavy atom. The van der Waals surface area contributed by atoms with Crippen LogP contribution in [-0.2, 0) is 14.8 Å². The van der Waals surface area contributed by atoms with Gasteiger partial charge in [-0.3, -0.25) is 0 Å². The molecular weight excluding hydrogens is 266 g/mol. The van der Waals surface area contributed by atoms with E-state index in [1.807, 2.05) is 0 Å². The van der Waals surface area contributed by atoms with Gasteiger partial charge in [-0.15, -0.1) is 0 Å². The molecule has 108 valence electrons. The number of nitrogens with one attached hydrogen (secondary N) is 1. The Labute approximate surface area is 115 Å². The number of methoxy groups -OCH3 is 1. The molecule has 1 aromatic carbocycles. The lowest BCUT2D eigenvalue weighted by Crippen LogP contribution is -2.27. The molecular formula is C13H21NO4S. The zero-order valence-electron chi connectivity index (χ0n) is 11.5. The number of benzene rings is 1. The average Bonchev–Trinajstić information content (AvgIpc) is 2.37. The molecule has 19 heavy (non-hydrogen) atoms. The molecule has 1 N–H and O–H groups in total. The number of sulfonamides is 1. The minimum absolute atomic E-state index is 0.223. The van der Waals surface area contributed by atoms with Gasteiger partial charge < -0.3 is 9.47 Å². The van der Waals surface area contributed by atoms with Crippen LogP contribution in [0.2, 0.25) is 0 Å². The maximum absolute atomic E-state index is 11.9. The molecule has 0 aliphatic rings. The third-order valence-electron chi connectivity index (χ3n) is 2.32. The fraction of sp³-hybridized carbons (Fsp3) is 0.538. The Balaban J connectivity index is 2.64. The standard InChI is InChI=1S/C13H21NO4S/c1-11(2)10-18-12-4-6-13(7-5-12)19(15,16)14-8-9-17-3/h4-7,11,14H,8-10H2,1-3H3. The second-order valence-electron chi connectivity index (χ2n) is 4.57. The average molecular weight is 287 g/mol. The first-order valence-corrected chi connectivity index (χ1v) is 7.65. The summed E-state index contributed by atoms with van der Waals surface area (Å²) in [5.74, 6) is 1.10. The number of ether oxygens (including phenoxy) is 2. The lowest BCUT2D eigenvalue weighted by molar-refractivity contribution is 0.204. The van der Waals surface area contributed by atoms with Gasteiger partial charge in [0.15, 0.2) is 0 Å². The van der Waals surface area contributed by atoms with Crippen molar-refractivity contribution in [3.05, 3.63) is 24.3 Å². The van der Waals surface area contributed by atoms with Crippen LogP contribution in [0, 0.1) is 5.92 Å². The zero-order chi connectivity index (χ0) is 14.3. The Kier molecular flexibility index (Phi) is 6.27. The molecule has 0 unspecified atom stereocenters. The van der Waals surface area contributed by atoms with E-state index in [9.17, 15) is 8.42 Å². The third-order valence-corrected chi connectivity index (χ3v) is 3.79. The zero-order valence-corrected chi connectivity index (χ0v) is 12.4. The van der Waals surface area contributed by atoms with E-state index in [2.05, 4.69) is 18.6 Å². The van der Waals surface area contributed by atoms with Crippen molar-refractivity contribution in [1.82, 2.24) is 4.72 Å². The molecule has 0 bridgehead atoms. The van der Waals surface area contributed by atoms with E-state index < -0.39 is 10.0 Å². The molecule has 0 saturated heterocycles. The summed E-state index contributed by atoms with van der Waals surface area (Å²) in [6, 6.07) is 6.39. The van der Waals surface area contributed by atoms with Gasteiger partial charge in [0.1, 0.15) is 5.75 Å². The van der Waals surface area contributed by atoms with Crippen molar-refractivity contribution >= 4 is 10.0 Å². The topological polar surface area (TPSA) is 64.6 Å². The number of rotatable bonds is 8. The second-order valence-corrected chi connectivity index (χ2v) is 6.33. The molecule has 0 aromatic heterocycles. The van der Waals surface area contributed by atoms with Gasteiger partial charge >= 0.3 is 0 Å². The lowest BCUT2D eigenvalue weighted by atomic mass is 10.2. The van der Waals surface area contributed by atoms with Crippen LogP contribution in [0.5, 0.6) is 5.75 Å². The maximum atomic E-state index is 11.9. The smallest absolute Gasteiger partial charge is 0.240 e. The normalized spacial score (nSPS) is 11.8. The van der Waals surface area contributed by atoms with Crippen LogP contribution in [0.3, 0.4) is 0 Å². The van der Waals surface area contributed by atoms with Crippen molar-refractivity contribution in [2.75, 3.05) is 26.9 Å². The highest BCUT2D eigenvalue weighted by atomic mass is 32.2. The lowest BCUT2D eigenvalue weighted by Gasteiger charge is -2.10. The van der Waals surface area contributed by atoms with Gasteiger partial charge in [0.2, 0.25) is 10.0 Å². The summed E-state index contributed by atoms with van der Waals surface area (Å²) in [6.07, 6.45) is 0. The van der Waals surface area contributed by atoms with Crippen molar-refractivity contribution in [3.8, 4) is 5.75 Å². The Hall–Kier alpha value is -1.11. The first kappa shape index (κ1) is 15.9. The molecule has 1 aromatic rings. The molecule has 0 spiro atoms. The van der Waals surface area contributed by atoms with Crippen molar-refractivity contribution in [1.29, 1.82) is 0 Å². The SMILES string of the molecule is COCCNS(=O)(=O)c1ccc(OCC(C)C)cc1. The van der Waals surface area contributed by atoms with Crippen LogP contribution in [0.1, 0.15) is 13.8 Å². The van der Waals surface area contributed by atoms with Crippen LogP contribution in [0.15, 0.2) is 29.2 Å². The van der Waals surface area contributed by atoms with Crippen molar-refractivity contribution < 1.29 is 17.9 Å². The summed E-state index contributed by atoms with van der Waals surface area (Å²) in [6.45, 7) is 5.31. The van der Waals surface area contributed by atoms with Gasteiger partial charge in [0.05, 0.1) is 18.1 Å². The van der Waals surface area contributed by atoms with Gasteiger partial charge in [-0.1, -0.05) is 13.8 Å². The van der Waals surface area contributed by atoms with Crippen LogP contribution in [0.25, 0.3) is 0 Å². The van der Waals surface area contributed by atoms with E-state index in [0.29, 0.717) is 24.9 Å². The minimum atomic E-state index is -3.47. The highest BCUT2D eigenvalue weighted by Crippen LogP contribution is 2.16. The van der Waals surface area contributed by atoms with Gasteiger partial charge in [0, 0.05) is 13.7 Å². The first-order valence-electron chi connectivity index (χ1n) is 6.17. The number of hydrogen-bond acceptors (Lipinski definition) is 4. The van der Waals surface area contributed by atoms with Crippen LogP contribution in [0.4, 0.5) is 0 Å². The fourth-order valence-corrected chi connectivity index (χ4v) is 2.35. The van der Waals surface area contributed by atoms with E-state index >= 15 is 0 Å². The highest BCUT2D eigenvalue weighted by Gasteiger charge is 2.13. The molecule has 0 amide bonds. The Morgan fingerprint density at radius 2 is 1.84 bits per heavy atom. The van der Waals surface area contributed by atoms with Gasteiger partial charge in [-0.2, -0.15) is 0 Å². The van der Waals surface area contributed by atoms with E-state index in [1.165, 1.54) is 19.2 Å². The summed E-state index contributed by atoms with van der Waals surface area (Å²) in [5.41, 5.74) is 0. The van der Waals surface area contributed by atoms with E-state index in [1.54, 1.807) is 12.1 Å². The molecule has 0 heterocycles. The quantitative estimate of drug-likeness (QED) is 0.738. The molecule has 5 nitrogen and oxygen atoms in total. The van der Waals surface area contributed by atoms with Crippen molar-refractivity contribution in [2.24, 2.45) is 5.92 Å². The summed E-state index contributed by atoms with van der Waals surface area (Å²) in [7, 11) is -1.94. The summed E-state index contributed by atoms with van der Waals surface area (Å²) >= 11 is 0. The van der Waals surface area contributed by atoms with Crippen LogP contribution >= 0.6 is 0 Å². The molecule has 0 radical (unpaired) electrons. The predicted molar refractivity (Wildman–Crippen MR) is 73.8 cm³/mol. The van der Waals surface area contributed by atoms with Crippen molar-refractivity contribution in [3.63, 3.8) is 0 Å². The van der Waals surface area contributed by atoms with Gasteiger partial charge in [-0.05, 0) is 30.2 Å². The molecule has 0 saturated carbocycles.